The van der Waals surface area contributed by atoms with Crippen LogP contribution in [-0.2, 0) is 8.85 Å². The van der Waals surface area contributed by atoms with E-state index in [1.165, 1.54) is 0 Å². The molecule has 1 aliphatic carbocycles. The SMILES string of the molecule is CC(C)(C)[Si](C)(C)O[C@H]1C=CC=C(CO)[C@@H]1O[Si](C)(C)C(C)(C)C. The first-order valence-electron chi connectivity index (χ1n) is 8.96. The number of aliphatic hydroxyl groups is 1. The second-order valence-electron chi connectivity index (χ2n) is 9.93. The van der Waals surface area contributed by atoms with E-state index < -0.39 is 16.6 Å². The van der Waals surface area contributed by atoms with E-state index >= 15 is 0 Å². The van der Waals surface area contributed by atoms with Gasteiger partial charge in [0.05, 0.1) is 18.8 Å². The van der Waals surface area contributed by atoms with E-state index in [2.05, 4.69) is 73.8 Å². The van der Waals surface area contributed by atoms with Crippen LogP contribution in [0.25, 0.3) is 0 Å². The van der Waals surface area contributed by atoms with Gasteiger partial charge in [0, 0.05) is 0 Å². The zero-order valence-electron chi connectivity index (χ0n) is 17.4. The highest BCUT2D eigenvalue weighted by Gasteiger charge is 2.45. The van der Waals surface area contributed by atoms with Crippen molar-refractivity contribution in [3.05, 3.63) is 23.8 Å². The fourth-order valence-electron chi connectivity index (χ4n) is 2.09. The molecule has 0 radical (unpaired) electrons. The third-order valence-corrected chi connectivity index (χ3v) is 14.9. The molecule has 0 bridgehead atoms. The molecule has 24 heavy (non-hydrogen) atoms. The van der Waals surface area contributed by atoms with E-state index in [1.54, 1.807) is 0 Å². The van der Waals surface area contributed by atoms with E-state index in [0.29, 0.717) is 0 Å². The van der Waals surface area contributed by atoms with Crippen molar-refractivity contribution in [1.82, 2.24) is 0 Å². The van der Waals surface area contributed by atoms with Crippen LogP contribution in [-0.4, -0.2) is 40.6 Å². The molecule has 5 heteroatoms. The monoisotopic (exact) mass is 370 g/mol. The summed E-state index contributed by atoms with van der Waals surface area (Å²) in [6.07, 6.45) is 5.76. The lowest BCUT2D eigenvalue weighted by atomic mass is 10.0. The van der Waals surface area contributed by atoms with Gasteiger partial charge in [0.25, 0.3) is 0 Å². The van der Waals surface area contributed by atoms with Gasteiger partial charge in [-0.3, -0.25) is 0 Å². The Hall–Kier alpha value is -0.206. The Kier molecular flexibility index (Phi) is 6.55. The minimum atomic E-state index is -1.96. The van der Waals surface area contributed by atoms with Crippen LogP contribution >= 0.6 is 0 Å². The first-order chi connectivity index (χ1) is 10.6. The molecule has 0 aliphatic heterocycles. The third kappa shape index (κ3) is 4.91. The van der Waals surface area contributed by atoms with Crippen LogP contribution < -0.4 is 0 Å². The lowest BCUT2D eigenvalue weighted by Gasteiger charge is -2.45. The highest BCUT2D eigenvalue weighted by molar-refractivity contribution is 6.74. The maximum absolute atomic E-state index is 9.83. The average molecular weight is 371 g/mol. The molecule has 0 fully saturated rings. The smallest absolute Gasteiger partial charge is 0.193 e. The van der Waals surface area contributed by atoms with Crippen LogP contribution in [0.5, 0.6) is 0 Å². The zero-order valence-corrected chi connectivity index (χ0v) is 19.4. The van der Waals surface area contributed by atoms with E-state index in [0.717, 1.165) is 5.57 Å². The molecule has 0 aromatic heterocycles. The van der Waals surface area contributed by atoms with Gasteiger partial charge in [-0.25, -0.2) is 0 Å². The van der Waals surface area contributed by atoms with Crippen molar-refractivity contribution < 1.29 is 14.0 Å². The number of rotatable bonds is 5. The Morgan fingerprint density at radius 2 is 1.38 bits per heavy atom. The van der Waals surface area contributed by atoms with Crippen LogP contribution in [0.4, 0.5) is 0 Å². The largest absolute Gasteiger partial charge is 0.408 e. The molecule has 140 valence electrons. The Labute approximate surface area is 151 Å². The van der Waals surface area contributed by atoms with E-state index in [4.69, 9.17) is 8.85 Å². The molecule has 0 spiro atoms. The molecule has 0 amide bonds. The maximum atomic E-state index is 9.83. The van der Waals surface area contributed by atoms with Gasteiger partial charge in [0.2, 0.25) is 0 Å². The highest BCUT2D eigenvalue weighted by atomic mass is 28.4. The highest BCUT2D eigenvalue weighted by Crippen LogP contribution is 2.42. The molecule has 0 aromatic rings. The standard InChI is InChI=1S/C19H38O3Si2/c1-18(2,3)23(7,8)21-16-13-11-12-15(14-20)17(16)22-24(9,10)19(4,5)6/h11-13,16-17,20H,14H2,1-10H3/t16-,17-/m0/s1. The van der Waals surface area contributed by atoms with Gasteiger partial charge in [-0.1, -0.05) is 59.8 Å². The summed E-state index contributed by atoms with van der Waals surface area (Å²) in [5.74, 6) is 0. The molecule has 0 heterocycles. The van der Waals surface area contributed by atoms with Crippen LogP contribution in [0.3, 0.4) is 0 Å². The van der Waals surface area contributed by atoms with Gasteiger partial charge < -0.3 is 14.0 Å². The molecule has 1 N–H and O–H groups in total. The normalized spacial score (nSPS) is 23.4. The van der Waals surface area contributed by atoms with Crippen molar-refractivity contribution in [2.75, 3.05) is 6.61 Å². The van der Waals surface area contributed by atoms with Crippen molar-refractivity contribution >= 4 is 16.6 Å². The number of hydrogen-bond donors (Lipinski definition) is 1. The minimum Gasteiger partial charge on any atom is -0.408 e. The van der Waals surface area contributed by atoms with Crippen LogP contribution in [0.15, 0.2) is 23.8 Å². The summed E-state index contributed by atoms with van der Waals surface area (Å²) in [6.45, 7) is 22.5. The van der Waals surface area contributed by atoms with Gasteiger partial charge in [0.1, 0.15) is 0 Å². The van der Waals surface area contributed by atoms with E-state index in [1.807, 2.05) is 12.2 Å². The molecule has 0 saturated carbocycles. The van der Waals surface area contributed by atoms with Gasteiger partial charge in [-0.2, -0.15) is 0 Å². The predicted octanol–water partition coefficient (Wildman–Crippen LogP) is 5.26. The number of hydrogen-bond acceptors (Lipinski definition) is 3. The summed E-state index contributed by atoms with van der Waals surface area (Å²) >= 11 is 0. The van der Waals surface area contributed by atoms with Gasteiger partial charge in [-0.05, 0) is 41.8 Å². The average Bonchev–Trinajstić information content (AvgIpc) is 2.37. The van der Waals surface area contributed by atoms with Gasteiger partial charge in [-0.15, -0.1) is 0 Å². The predicted molar refractivity (Wildman–Crippen MR) is 108 cm³/mol. The van der Waals surface area contributed by atoms with Crippen molar-refractivity contribution in [1.29, 1.82) is 0 Å². The quantitative estimate of drug-likeness (QED) is 0.671. The fourth-order valence-corrected chi connectivity index (χ4v) is 4.60. The summed E-state index contributed by atoms with van der Waals surface area (Å²) in [5.41, 5.74) is 0.922. The molecule has 1 aliphatic rings. The first-order valence-corrected chi connectivity index (χ1v) is 14.8. The molecule has 2 atom stereocenters. The first kappa shape index (κ1) is 21.8. The van der Waals surface area contributed by atoms with Crippen LogP contribution in [0, 0.1) is 0 Å². The molecule has 0 saturated heterocycles. The van der Waals surface area contributed by atoms with Crippen molar-refractivity contribution in [3.8, 4) is 0 Å². The van der Waals surface area contributed by atoms with E-state index in [-0.39, 0.29) is 28.9 Å². The molecule has 0 unspecified atom stereocenters. The van der Waals surface area contributed by atoms with Gasteiger partial charge >= 0.3 is 0 Å². The Morgan fingerprint density at radius 1 is 0.917 bits per heavy atom. The molecule has 1 rings (SSSR count). The lowest BCUT2D eigenvalue weighted by molar-refractivity contribution is 0.0769. The summed E-state index contributed by atoms with van der Waals surface area (Å²) in [6, 6.07) is 0. The minimum absolute atomic E-state index is 0.0149. The third-order valence-electron chi connectivity index (χ3n) is 5.92. The Morgan fingerprint density at radius 3 is 1.79 bits per heavy atom. The van der Waals surface area contributed by atoms with Crippen molar-refractivity contribution in [2.45, 2.75) is 90.0 Å². The molecular formula is C19H38O3Si2. The summed E-state index contributed by atoms with van der Waals surface area (Å²) in [4.78, 5) is 0. The maximum Gasteiger partial charge on any atom is 0.193 e. The second kappa shape index (κ2) is 7.19. The van der Waals surface area contributed by atoms with Crippen molar-refractivity contribution in [3.63, 3.8) is 0 Å². The Balaban J connectivity index is 3.11. The van der Waals surface area contributed by atoms with Gasteiger partial charge in [0.15, 0.2) is 16.6 Å². The zero-order chi connectivity index (χ0) is 19.0. The molecule has 0 aromatic carbocycles. The summed E-state index contributed by atoms with van der Waals surface area (Å²) in [7, 11) is -3.89. The molecule has 3 nitrogen and oxygen atoms in total. The number of allylic oxidation sites excluding steroid dienone is 2. The fraction of sp³-hybridized carbons (Fsp3) is 0.789. The second-order valence-corrected chi connectivity index (χ2v) is 19.4. The number of aliphatic hydroxyl groups excluding tert-OH is 1. The Bertz CT molecular complexity index is 494. The van der Waals surface area contributed by atoms with Crippen molar-refractivity contribution in [2.24, 2.45) is 0 Å². The summed E-state index contributed by atoms with van der Waals surface area (Å²) < 4.78 is 13.3. The molecular weight excluding hydrogens is 332 g/mol. The van der Waals surface area contributed by atoms with Crippen LogP contribution in [0.1, 0.15) is 41.5 Å². The summed E-state index contributed by atoms with van der Waals surface area (Å²) in [5, 5.41) is 10.1. The van der Waals surface area contributed by atoms with E-state index in [9.17, 15) is 5.11 Å². The van der Waals surface area contributed by atoms with Crippen LogP contribution in [0.2, 0.25) is 36.3 Å². The topological polar surface area (TPSA) is 38.7 Å². The lowest BCUT2D eigenvalue weighted by Crippen LogP contribution is -2.52.